The van der Waals surface area contributed by atoms with Crippen LogP contribution in [0.4, 0.5) is 0 Å². The van der Waals surface area contributed by atoms with Crippen molar-refractivity contribution in [3.8, 4) is 35.2 Å². The second-order valence-corrected chi connectivity index (χ2v) is 6.54. The van der Waals surface area contributed by atoms with Gasteiger partial charge >= 0.3 is 0 Å². The van der Waals surface area contributed by atoms with Crippen LogP contribution in [-0.4, -0.2) is 23.2 Å². The molecular weight excluding hydrogens is 372 g/mol. The zero-order valence-electron chi connectivity index (χ0n) is 17.3. The molecule has 4 nitrogen and oxygen atoms in total. The second kappa shape index (κ2) is 11.3. The molecule has 0 saturated carbocycles. The van der Waals surface area contributed by atoms with Crippen LogP contribution in [0.25, 0.3) is 0 Å². The molecule has 0 fully saturated rings. The number of aromatic nitrogens is 2. The molecule has 0 aliphatic rings. The summed E-state index contributed by atoms with van der Waals surface area (Å²) in [5, 5.41) is 0. The van der Waals surface area contributed by atoms with E-state index in [0.29, 0.717) is 12.4 Å². The lowest BCUT2D eigenvalue weighted by Crippen LogP contribution is -1.94. The SMILES string of the molecule is CCCOc1ccc(C#Cc2cnc(C#Cc3ccc(OCCC)cc3)nc2)cc1. The van der Waals surface area contributed by atoms with Crippen LogP contribution in [0.2, 0.25) is 0 Å². The molecule has 150 valence electrons. The molecule has 3 aromatic rings. The summed E-state index contributed by atoms with van der Waals surface area (Å²) in [6.45, 7) is 5.60. The van der Waals surface area contributed by atoms with Crippen LogP contribution in [0.3, 0.4) is 0 Å². The van der Waals surface area contributed by atoms with Gasteiger partial charge in [0.2, 0.25) is 5.82 Å². The van der Waals surface area contributed by atoms with Gasteiger partial charge in [-0.25, -0.2) is 9.97 Å². The fraction of sp³-hybridized carbons (Fsp3) is 0.231. The average molecular weight is 396 g/mol. The van der Waals surface area contributed by atoms with Crippen molar-refractivity contribution in [3.05, 3.63) is 83.4 Å². The monoisotopic (exact) mass is 396 g/mol. The van der Waals surface area contributed by atoms with E-state index in [1.54, 1.807) is 12.4 Å². The molecule has 0 bridgehead atoms. The van der Waals surface area contributed by atoms with Gasteiger partial charge in [0.1, 0.15) is 11.5 Å². The zero-order valence-corrected chi connectivity index (χ0v) is 17.3. The third kappa shape index (κ3) is 6.69. The molecule has 1 aromatic heterocycles. The number of rotatable bonds is 6. The molecule has 0 amide bonds. The minimum absolute atomic E-state index is 0.462. The van der Waals surface area contributed by atoms with Gasteiger partial charge < -0.3 is 9.47 Å². The van der Waals surface area contributed by atoms with Crippen molar-refractivity contribution in [2.45, 2.75) is 26.7 Å². The number of benzene rings is 2. The largest absolute Gasteiger partial charge is 0.494 e. The number of nitrogens with zero attached hydrogens (tertiary/aromatic N) is 2. The van der Waals surface area contributed by atoms with Crippen LogP contribution in [-0.2, 0) is 0 Å². The van der Waals surface area contributed by atoms with E-state index in [1.807, 2.05) is 48.5 Å². The standard InChI is InChI=1S/C26H24N2O2/c1-3-17-29-24-12-7-21(8-13-24)5-6-23-19-27-26(28-20-23)16-11-22-9-14-25(15-10-22)30-18-4-2/h7-10,12-15,19-20H,3-4,17-18H2,1-2H3. The van der Waals surface area contributed by atoms with Crippen LogP contribution >= 0.6 is 0 Å². The van der Waals surface area contributed by atoms with Crippen molar-refractivity contribution >= 4 is 0 Å². The molecule has 1 heterocycles. The Morgan fingerprint density at radius 2 is 1.03 bits per heavy atom. The molecule has 2 aromatic carbocycles. The minimum Gasteiger partial charge on any atom is -0.494 e. The van der Waals surface area contributed by atoms with E-state index in [9.17, 15) is 0 Å². The highest BCUT2D eigenvalue weighted by Gasteiger charge is 1.96. The quantitative estimate of drug-likeness (QED) is 0.559. The van der Waals surface area contributed by atoms with Gasteiger partial charge in [0.15, 0.2) is 0 Å². The first-order chi connectivity index (χ1) is 14.8. The first-order valence-corrected chi connectivity index (χ1v) is 10.1. The molecule has 0 N–H and O–H groups in total. The molecule has 0 spiro atoms. The number of hydrogen-bond donors (Lipinski definition) is 0. The molecule has 0 radical (unpaired) electrons. The third-order valence-corrected chi connectivity index (χ3v) is 3.98. The van der Waals surface area contributed by atoms with Gasteiger partial charge in [-0.3, -0.25) is 0 Å². The fourth-order valence-electron chi connectivity index (χ4n) is 2.44. The molecule has 3 rings (SSSR count). The van der Waals surface area contributed by atoms with E-state index in [4.69, 9.17) is 9.47 Å². The summed E-state index contributed by atoms with van der Waals surface area (Å²) in [7, 11) is 0. The highest BCUT2D eigenvalue weighted by Crippen LogP contribution is 2.12. The zero-order chi connectivity index (χ0) is 21.0. The van der Waals surface area contributed by atoms with Gasteiger partial charge in [0.25, 0.3) is 0 Å². The molecule has 0 aliphatic carbocycles. The van der Waals surface area contributed by atoms with Crippen LogP contribution in [0, 0.1) is 23.7 Å². The number of ether oxygens (including phenoxy) is 2. The molecule has 30 heavy (non-hydrogen) atoms. The first kappa shape index (κ1) is 21.0. The van der Waals surface area contributed by atoms with Crippen LogP contribution in [0.5, 0.6) is 11.5 Å². The van der Waals surface area contributed by atoms with Gasteiger partial charge in [0.05, 0.1) is 18.8 Å². The average Bonchev–Trinajstić information content (AvgIpc) is 2.80. The van der Waals surface area contributed by atoms with Crippen LogP contribution in [0.15, 0.2) is 60.9 Å². The molecule has 4 heteroatoms. The van der Waals surface area contributed by atoms with Crippen molar-refractivity contribution in [1.29, 1.82) is 0 Å². The lowest BCUT2D eigenvalue weighted by atomic mass is 10.2. The summed E-state index contributed by atoms with van der Waals surface area (Å²) in [4.78, 5) is 8.56. The second-order valence-electron chi connectivity index (χ2n) is 6.54. The Balaban J connectivity index is 1.59. The molecule has 0 atom stereocenters. The Morgan fingerprint density at radius 1 is 0.600 bits per heavy atom. The molecular formula is C26H24N2O2. The van der Waals surface area contributed by atoms with E-state index < -0.39 is 0 Å². The smallest absolute Gasteiger partial charge is 0.205 e. The van der Waals surface area contributed by atoms with Gasteiger partial charge in [-0.2, -0.15) is 0 Å². The van der Waals surface area contributed by atoms with Gasteiger partial charge in [-0.05, 0) is 67.3 Å². The van der Waals surface area contributed by atoms with E-state index in [2.05, 4.69) is 47.5 Å². The van der Waals surface area contributed by atoms with Crippen molar-refractivity contribution in [3.63, 3.8) is 0 Å². The molecule has 0 aliphatic heterocycles. The Hall–Kier alpha value is -3.76. The van der Waals surface area contributed by atoms with E-state index in [-0.39, 0.29) is 0 Å². The molecule has 0 unspecified atom stereocenters. The Morgan fingerprint density at radius 3 is 1.50 bits per heavy atom. The minimum atomic E-state index is 0.462. The van der Waals surface area contributed by atoms with Crippen molar-refractivity contribution in [2.75, 3.05) is 13.2 Å². The lowest BCUT2D eigenvalue weighted by Gasteiger charge is -2.03. The lowest BCUT2D eigenvalue weighted by molar-refractivity contribution is 0.317. The van der Waals surface area contributed by atoms with Crippen molar-refractivity contribution in [1.82, 2.24) is 9.97 Å². The summed E-state index contributed by atoms with van der Waals surface area (Å²) in [5.41, 5.74) is 2.54. The van der Waals surface area contributed by atoms with Crippen LogP contribution in [0.1, 0.15) is 49.2 Å². The van der Waals surface area contributed by atoms with Gasteiger partial charge in [0, 0.05) is 23.5 Å². The van der Waals surface area contributed by atoms with Crippen molar-refractivity contribution < 1.29 is 9.47 Å². The highest BCUT2D eigenvalue weighted by atomic mass is 16.5. The third-order valence-electron chi connectivity index (χ3n) is 3.98. The Kier molecular flexibility index (Phi) is 7.89. The topological polar surface area (TPSA) is 44.2 Å². The summed E-state index contributed by atoms with van der Waals surface area (Å²) >= 11 is 0. The summed E-state index contributed by atoms with van der Waals surface area (Å²) in [6.07, 6.45) is 5.34. The van der Waals surface area contributed by atoms with E-state index in [1.165, 1.54) is 0 Å². The maximum Gasteiger partial charge on any atom is 0.205 e. The normalized spacial score (nSPS) is 9.67. The predicted octanol–water partition coefficient (Wildman–Crippen LogP) is 4.85. The van der Waals surface area contributed by atoms with Gasteiger partial charge in [-0.15, -0.1) is 0 Å². The summed E-state index contributed by atoms with van der Waals surface area (Å²) < 4.78 is 11.1. The van der Waals surface area contributed by atoms with E-state index in [0.717, 1.165) is 47.6 Å². The summed E-state index contributed by atoms with van der Waals surface area (Å²) in [5.74, 6) is 14.4. The van der Waals surface area contributed by atoms with Crippen molar-refractivity contribution in [2.24, 2.45) is 0 Å². The maximum atomic E-state index is 5.58. The fourth-order valence-corrected chi connectivity index (χ4v) is 2.44. The highest BCUT2D eigenvalue weighted by molar-refractivity contribution is 5.44. The first-order valence-electron chi connectivity index (χ1n) is 10.1. The Labute approximate surface area is 178 Å². The Bertz CT molecular complexity index is 960. The maximum absolute atomic E-state index is 5.58. The van der Waals surface area contributed by atoms with E-state index >= 15 is 0 Å². The molecule has 0 saturated heterocycles. The summed E-state index contributed by atoms with van der Waals surface area (Å²) in [6, 6.07) is 15.4. The number of hydrogen-bond acceptors (Lipinski definition) is 4. The van der Waals surface area contributed by atoms with Crippen LogP contribution < -0.4 is 9.47 Å². The predicted molar refractivity (Wildman–Crippen MR) is 118 cm³/mol. The van der Waals surface area contributed by atoms with Gasteiger partial charge in [-0.1, -0.05) is 31.6 Å².